The van der Waals surface area contributed by atoms with E-state index in [4.69, 9.17) is 4.74 Å². The molecule has 1 unspecified atom stereocenters. The fraction of sp³-hybridized carbons (Fsp3) is 0.389. The number of rotatable bonds is 6. The molecule has 0 aliphatic heterocycles. The minimum Gasteiger partial charge on any atom is -0.494 e. The van der Waals surface area contributed by atoms with E-state index in [1.54, 1.807) is 31.2 Å². The average Bonchev–Trinajstić information content (AvgIpc) is 2.65. The van der Waals surface area contributed by atoms with Crippen LogP contribution in [-0.2, 0) is 0 Å². The fourth-order valence-electron chi connectivity index (χ4n) is 2.44. The van der Waals surface area contributed by atoms with Crippen molar-refractivity contribution in [2.45, 2.75) is 19.9 Å². The average molecular weight is 327 g/mol. The van der Waals surface area contributed by atoms with Crippen molar-refractivity contribution in [1.82, 2.24) is 19.7 Å². The highest BCUT2D eigenvalue weighted by atomic mass is 16.5. The zero-order valence-corrected chi connectivity index (χ0v) is 15.0. The zero-order valence-electron chi connectivity index (χ0n) is 15.0. The van der Waals surface area contributed by atoms with E-state index in [1.165, 1.54) is 0 Å². The summed E-state index contributed by atoms with van der Waals surface area (Å²) in [5, 5.41) is 4.59. The molecule has 0 aromatic carbocycles. The van der Waals surface area contributed by atoms with Crippen LogP contribution in [0.2, 0.25) is 0 Å². The van der Waals surface area contributed by atoms with E-state index in [0.29, 0.717) is 5.75 Å². The van der Waals surface area contributed by atoms with Gasteiger partial charge < -0.3 is 4.74 Å². The Balaban J connectivity index is 2.58. The smallest absolute Gasteiger partial charge is 0.148 e. The van der Waals surface area contributed by atoms with Crippen molar-refractivity contribution in [1.29, 1.82) is 0 Å². The molecule has 2 heterocycles. The Labute approximate surface area is 143 Å². The lowest BCUT2D eigenvalue weighted by molar-refractivity contribution is 0.270. The molecule has 128 valence electrons. The van der Waals surface area contributed by atoms with Gasteiger partial charge >= 0.3 is 0 Å². The van der Waals surface area contributed by atoms with Gasteiger partial charge in [-0.05, 0) is 38.7 Å². The minimum absolute atomic E-state index is 0.205. The maximum absolute atomic E-state index is 5.48. The highest BCUT2D eigenvalue weighted by molar-refractivity contribution is 5.66. The topological polar surface area (TPSA) is 55.5 Å². The number of hydrogen-bond donors (Lipinski definition) is 0. The molecular weight excluding hydrogens is 302 g/mol. The van der Waals surface area contributed by atoms with Crippen LogP contribution >= 0.6 is 0 Å². The molecule has 1 atom stereocenters. The third-order valence-electron chi connectivity index (χ3n) is 4.21. The van der Waals surface area contributed by atoms with Gasteiger partial charge in [-0.15, -0.1) is 0 Å². The van der Waals surface area contributed by atoms with E-state index in [2.05, 4.69) is 47.4 Å². The van der Waals surface area contributed by atoms with Gasteiger partial charge in [-0.3, -0.25) is 14.9 Å². The molecule has 0 aliphatic carbocycles. The van der Waals surface area contributed by atoms with Crippen molar-refractivity contribution >= 4 is 6.20 Å². The monoisotopic (exact) mass is 327 g/mol. The van der Waals surface area contributed by atoms with Crippen LogP contribution in [0.25, 0.3) is 17.5 Å². The van der Waals surface area contributed by atoms with Crippen molar-refractivity contribution in [2.75, 3.05) is 27.7 Å². The van der Waals surface area contributed by atoms with E-state index >= 15 is 0 Å². The van der Waals surface area contributed by atoms with Gasteiger partial charge in [-0.2, -0.15) is 5.10 Å². The summed E-state index contributed by atoms with van der Waals surface area (Å²) in [4.78, 5) is 10.9. The molecule has 0 amide bonds. The second-order valence-corrected chi connectivity index (χ2v) is 5.49. The molecular formula is C18H25N5O. The van der Waals surface area contributed by atoms with Crippen LogP contribution in [0.15, 0.2) is 36.0 Å². The molecule has 0 N–H and O–H groups in total. The Morgan fingerprint density at radius 2 is 2.21 bits per heavy atom. The molecule has 2 aromatic heterocycles. The first-order valence-electron chi connectivity index (χ1n) is 7.95. The Hall–Kier alpha value is -2.47. The van der Waals surface area contributed by atoms with E-state index in [1.807, 2.05) is 18.2 Å². The molecule has 0 aliphatic rings. The predicted octanol–water partition coefficient (Wildman–Crippen LogP) is 2.60. The Bertz CT molecular complexity index is 781. The lowest BCUT2D eigenvalue weighted by atomic mass is 10.1. The van der Waals surface area contributed by atoms with Crippen LogP contribution in [0.1, 0.15) is 25.6 Å². The molecule has 2 aromatic rings. The van der Waals surface area contributed by atoms with Gasteiger partial charge in [0.1, 0.15) is 11.2 Å². The highest BCUT2D eigenvalue weighted by Crippen LogP contribution is 2.30. The first-order chi connectivity index (χ1) is 11.5. The molecule has 2 rings (SSSR count). The Morgan fingerprint density at radius 3 is 2.79 bits per heavy atom. The van der Waals surface area contributed by atoms with Crippen molar-refractivity contribution in [3.8, 4) is 17.0 Å². The number of pyridine rings is 1. The normalized spacial score (nSPS) is 13.2. The molecule has 0 saturated carbocycles. The van der Waals surface area contributed by atoms with Crippen molar-refractivity contribution < 1.29 is 4.74 Å². The lowest BCUT2D eigenvalue weighted by Crippen LogP contribution is -2.22. The summed E-state index contributed by atoms with van der Waals surface area (Å²) in [5.41, 5.74) is 3.40. The second kappa shape index (κ2) is 7.88. The molecule has 0 saturated heterocycles. The van der Waals surface area contributed by atoms with Crippen LogP contribution in [-0.4, -0.2) is 47.4 Å². The summed E-state index contributed by atoms with van der Waals surface area (Å²) < 4.78 is 7.13. The maximum atomic E-state index is 5.48. The third-order valence-corrected chi connectivity index (χ3v) is 4.21. The van der Waals surface area contributed by atoms with Gasteiger partial charge in [0.25, 0.3) is 0 Å². The number of ether oxygens (including phenoxy) is 1. The number of nitrogens with zero attached hydrogens (tertiary/aromatic N) is 5. The second-order valence-electron chi connectivity index (χ2n) is 5.49. The summed E-state index contributed by atoms with van der Waals surface area (Å²) >= 11 is 0. The van der Waals surface area contributed by atoms with Crippen LogP contribution in [0.4, 0.5) is 0 Å². The van der Waals surface area contributed by atoms with E-state index in [-0.39, 0.29) is 6.04 Å². The number of hydrogen-bond acceptors (Lipinski definition) is 5. The van der Waals surface area contributed by atoms with Crippen molar-refractivity contribution in [2.24, 2.45) is 4.99 Å². The van der Waals surface area contributed by atoms with Crippen molar-refractivity contribution in [3.63, 3.8) is 0 Å². The quantitative estimate of drug-likeness (QED) is 0.818. The summed E-state index contributed by atoms with van der Waals surface area (Å²) in [6, 6.07) is 6.08. The van der Waals surface area contributed by atoms with Gasteiger partial charge in [0.2, 0.25) is 0 Å². The van der Waals surface area contributed by atoms with Gasteiger partial charge in [-0.25, -0.2) is 4.68 Å². The van der Waals surface area contributed by atoms with Crippen LogP contribution in [0.5, 0.6) is 5.75 Å². The summed E-state index contributed by atoms with van der Waals surface area (Å²) in [5.74, 6) is 0.689. The molecule has 0 fully saturated rings. The van der Waals surface area contributed by atoms with E-state index in [9.17, 15) is 0 Å². The van der Waals surface area contributed by atoms with Gasteiger partial charge in [0, 0.05) is 24.9 Å². The van der Waals surface area contributed by atoms with E-state index < -0.39 is 0 Å². The molecule has 0 bridgehead atoms. The van der Waals surface area contributed by atoms with Gasteiger partial charge in [-0.1, -0.05) is 13.5 Å². The minimum atomic E-state index is 0.205. The highest BCUT2D eigenvalue weighted by Gasteiger charge is 2.16. The Morgan fingerprint density at radius 1 is 1.46 bits per heavy atom. The van der Waals surface area contributed by atoms with Crippen LogP contribution < -0.4 is 10.2 Å². The van der Waals surface area contributed by atoms with Crippen LogP contribution in [0, 0.1) is 0 Å². The van der Waals surface area contributed by atoms with Crippen molar-refractivity contribution in [3.05, 3.63) is 42.2 Å². The first kappa shape index (κ1) is 17.9. The standard InChI is InChI=1S/C18H25N5O/c1-7-22(5)13(3)16-11-14(17(24-6)12-20-16)15-9-10-18(19-4)23(8-2)21-15/h8-13H,2,7H2,1,3-6H3. The fourth-order valence-corrected chi connectivity index (χ4v) is 2.44. The Kier molecular flexibility index (Phi) is 5.87. The largest absolute Gasteiger partial charge is 0.494 e. The molecule has 0 radical (unpaired) electrons. The molecule has 24 heavy (non-hydrogen) atoms. The predicted molar refractivity (Wildman–Crippen MR) is 96.6 cm³/mol. The molecule has 6 nitrogen and oxygen atoms in total. The summed E-state index contributed by atoms with van der Waals surface area (Å²) in [6.45, 7) is 9.00. The zero-order chi connectivity index (χ0) is 17.7. The maximum Gasteiger partial charge on any atom is 0.148 e. The number of methoxy groups -OCH3 is 1. The van der Waals surface area contributed by atoms with E-state index in [0.717, 1.165) is 29.0 Å². The summed E-state index contributed by atoms with van der Waals surface area (Å²) in [6.07, 6.45) is 3.39. The molecule has 0 spiro atoms. The van der Waals surface area contributed by atoms with Crippen LogP contribution in [0.3, 0.4) is 0 Å². The van der Waals surface area contributed by atoms with Gasteiger partial charge in [0.05, 0.1) is 24.7 Å². The summed E-state index contributed by atoms with van der Waals surface area (Å²) in [7, 11) is 5.45. The first-order valence-corrected chi connectivity index (χ1v) is 7.95. The number of aromatic nitrogens is 3. The van der Waals surface area contributed by atoms with Gasteiger partial charge in [0.15, 0.2) is 0 Å². The third kappa shape index (κ3) is 3.54. The SMILES string of the molecule is C=Cn1nc(-c2cc(C(C)N(C)CC)ncc2OC)ccc1=NC. The molecule has 6 heteroatoms. The lowest BCUT2D eigenvalue weighted by Gasteiger charge is -2.23.